The number of nitrogens with one attached hydrogen (secondary N) is 1. The molecule has 0 radical (unpaired) electrons. The molecule has 2 aromatic rings. The Bertz CT molecular complexity index is 527. The summed E-state index contributed by atoms with van der Waals surface area (Å²) in [6.45, 7) is 0.867. The molecule has 0 saturated heterocycles. The highest BCUT2D eigenvalue weighted by molar-refractivity contribution is 6.30. The van der Waals surface area contributed by atoms with E-state index in [0.717, 1.165) is 36.7 Å². The molecule has 0 spiro atoms. The van der Waals surface area contributed by atoms with Crippen LogP contribution in [0.25, 0.3) is 0 Å². The number of nitrogens with zero attached hydrogens (tertiary/aromatic N) is 2. The number of hydrogen-bond donors (Lipinski definition) is 1. The van der Waals surface area contributed by atoms with E-state index in [2.05, 4.69) is 27.6 Å². The van der Waals surface area contributed by atoms with Crippen molar-refractivity contribution in [2.45, 2.75) is 25.3 Å². The molecular weight excluding hydrogens is 250 g/mol. The summed E-state index contributed by atoms with van der Waals surface area (Å²) in [5.41, 5.74) is 2.76. The molecular formula is C13H14ClN3O. The van der Waals surface area contributed by atoms with E-state index in [9.17, 15) is 0 Å². The number of halogens is 1. The van der Waals surface area contributed by atoms with Crippen LogP contribution in [0.2, 0.25) is 5.02 Å². The van der Waals surface area contributed by atoms with Gasteiger partial charge in [-0.25, -0.2) is 0 Å². The third-order valence-electron chi connectivity index (χ3n) is 3.29. The first-order valence-electron chi connectivity index (χ1n) is 6.07. The summed E-state index contributed by atoms with van der Waals surface area (Å²) in [7, 11) is 0. The number of hydrogen-bond acceptors (Lipinski definition) is 4. The molecule has 4 nitrogen and oxygen atoms in total. The zero-order valence-corrected chi connectivity index (χ0v) is 10.7. The largest absolute Gasteiger partial charge is 0.343 e. The van der Waals surface area contributed by atoms with Crippen LogP contribution in [0.15, 0.2) is 29.1 Å². The summed E-state index contributed by atoms with van der Waals surface area (Å²) in [5.74, 6) is 0.751. The Labute approximate surface area is 110 Å². The first-order valence-corrected chi connectivity index (χ1v) is 6.45. The molecule has 3 rings (SSSR count). The molecule has 1 N–H and O–H groups in total. The Morgan fingerprint density at radius 3 is 3.06 bits per heavy atom. The van der Waals surface area contributed by atoms with Gasteiger partial charge in [0.15, 0.2) is 5.82 Å². The summed E-state index contributed by atoms with van der Waals surface area (Å²) in [4.78, 5) is 4.00. The predicted molar refractivity (Wildman–Crippen MR) is 68.7 cm³/mol. The van der Waals surface area contributed by atoms with Crippen molar-refractivity contribution in [3.63, 3.8) is 0 Å². The van der Waals surface area contributed by atoms with Crippen LogP contribution in [0.1, 0.15) is 17.0 Å². The fraction of sp³-hybridized carbons (Fsp3) is 0.385. The summed E-state index contributed by atoms with van der Waals surface area (Å²) in [6, 6.07) is 6.64. The molecule has 1 atom stereocenters. The maximum Gasteiger partial charge on any atom is 0.213 e. The van der Waals surface area contributed by atoms with Crippen LogP contribution in [0.5, 0.6) is 0 Å². The second-order valence-electron chi connectivity index (χ2n) is 4.57. The molecule has 1 unspecified atom stereocenters. The minimum Gasteiger partial charge on any atom is -0.343 e. The predicted octanol–water partition coefficient (Wildman–Crippen LogP) is 2.02. The van der Waals surface area contributed by atoms with Gasteiger partial charge in [0.1, 0.15) is 0 Å². The quantitative estimate of drug-likeness (QED) is 0.917. The minimum atomic E-state index is 0.491. The molecule has 1 aromatic carbocycles. The molecule has 5 heteroatoms. The topological polar surface area (TPSA) is 51.0 Å². The van der Waals surface area contributed by atoms with E-state index in [4.69, 9.17) is 16.1 Å². The second kappa shape index (κ2) is 5.08. The summed E-state index contributed by atoms with van der Waals surface area (Å²) in [6.07, 6.45) is 4.27. The number of aromatic nitrogens is 2. The lowest BCUT2D eigenvalue weighted by molar-refractivity contribution is 0.408. The summed E-state index contributed by atoms with van der Waals surface area (Å²) in [5, 5.41) is 8.13. The first kappa shape index (κ1) is 11.7. The van der Waals surface area contributed by atoms with Gasteiger partial charge < -0.3 is 9.84 Å². The molecule has 0 saturated carbocycles. The lowest BCUT2D eigenvalue weighted by Gasteiger charge is -2.10. The number of fused-ring (bicyclic) bond motifs is 1. The van der Waals surface area contributed by atoms with E-state index in [0.29, 0.717) is 6.04 Å². The average molecular weight is 264 g/mol. The number of benzene rings is 1. The maximum atomic E-state index is 6.00. The van der Waals surface area contributed by atoms with E-state index >= 15 is 0 Å². The lowest BCUT2D eigenvalue weighted by atomic mass is 10.1. The summed E-state index contributed by atoms with van der Waals surface area (Å²) >= 11 is 6.00. The highest BCUT2D eigenvalue weighted by Gasteiger charge is 2.20. The molecule has 18 heavy (non-hydrogen) atoms. The smallest absolute Gasteiger partial charge is 0.213 e. The normalized spacial score (nSPS) is 17.9. The van der Waals surface area contributed by atoms with Gasteiger partial charge in [-0.2, -0.15) is 4.98 Å². The van der Waals surface area contributed by atoms with Crippen LogP contribution in [0.4, 0.5) is 0 Å². The van der Waals surface area contributed by atoms with Crippen LogP contribution in [-0.4, -0.2) is 22.7 Å². The van der Waals surface area contributed by atoms with Crippen molar-refractivity contribution >= 4 is 11.6 Å². The van der Waals surface area contributed by atoms with Crippen LogP contribution < -0.4 is 5.32 Å². The molecule has 1 aliphatic rings. The third-order valence-corrected chi connectivity index (χ3v) is 3.52. The van der Waals surface area contributed by atoms with Crippen LogP contribution >= 0.6 is 11.6 Å². The molecule has 0 aliphatic heterocycles. The Morgan fingerprint density at radius 1 is 1.33 bits per heavy atom. The lowest BCUT2D eigenvalue weighted by Crippen LogP contribution is -2.31. The molecule has 1 aliphatic carbocycles. The highest BCUT2D eigenvalue weighted by Crippen LogP contribution is 2.25. The first-order chi connectivity index (χ1) is 8.81. The van der Waals surface area contributed by atoms with Crippen molar-refractivity contribution in [1.82, 2.24) is 15.5 Å². The molecule has 1 heterocycles. The Balaban J connectivity index is 1.52. The zero-order valence-electron chi connectivity index (χ0n) is 9.90. The molecule has 0 bridgehead atoms. The van der Waals surface area contributed by atoms with Gasteiger partial charge in [0.05, 0.1) is 0 Å². The van der Waals surface area contributed by atoms with Gasteiger partial charge in [-0.1, -0.05) is 22.8 Å². The van der Waals surface area contributed by atoms with Crippen molar-refractivity contribution in [3.05, 3.63) is 46.6 Å². The number of rotatable bonds is 4. The maximum absolute atomic E-state index is 6.00. The van der Waals surface area contributed by atoms with Gasteiger partial charge >= 0.3 is 0 Å². The SMILES string of the molecule is Clc1ccc2c(c1)CC(NCCc1ncon1)C2. The van der Waals surface area contributed by atoms with E-state index in [1.54, 1.807) is 0 Å². The minimum absolute atomic E-state index is 0.491. The van der Waals surface area contributed by atoms with Crippen molar-refractivity contribution in [3.8, 4) is 0 Å². The molecule has 0 amide bonds. The fourth-order valence-electron chi connectivity index (χ4n) is 2.42. The summed E-state index contributed by atoms with van der Waals surface area (Å²) < 4.78 is 4.70. The standard InChI is InChI=1S/C13H14ClN3O/c14-11-2-1-9-6-12(7-10(9)5-11)15-4-3-13-16-8-18-17-13/h1-2,5,8,12,15H,3-4,6-7H2. The van der Waals surface area contributed by atoms with Gasteiger partial charge in [-0.05, 0) is 36.1 Å². The van der Waals surface area contributed by atoms with E-state index < -0.39 is 0 Å². The van der Waals surface area contributed by atoms with Gasteiger partial charge in [-0.3, -0.25) is 0 Å². The van der Waals surface area contributed by atoms with Gasteiger partial charge in [-0.15, -0.1) is 0 Å². The fourth-order valence-corrected chi connectivity index (χ4v) is 2.62. The Morgan fingerprint density at radius 2 is 2.22 bits per heavy atom. The van der Waals surface area contributed by atoms with Gasteiger partial charge in [0.25, 0.3) is 0 Å². The average Bonchev–Trinajstić information content (AvgIpc) is 2.97. The van der Waals surface area contributed by atoms with Crippen LogP contribution in [0, 0.1) is 0 Å². The van der Waals surface area contributed by atoms with Gasteiger partial charge in [0, 0.05) is 24.0 Å². The van der Waals surface area contributed by atoms with Crippen molar-refractivity contribution < 1.29 is 4.52 Å². The van der Waals surface area contributed by atoms with Crippen molar-refractivity contribution in [2.24, 2.45) is 0 Å². The van der Waals surface area contributed by atoms with Gasteiger partial charge in [0.2, 0.25) is 6.39 Å². The molecule has 0 fully saturated rings. The highest BCUT2D eigenvalue weighted by atomic mass is 35.5. The zero-order chi connectivity index (χ0) is 12.4. The van der Waals surface area contributed by atoms with Crippen molar-refractivity contribution in [2.75, 3.05) is 6.54 Å². The monoisotopic (exact) mass is 263 g/mol. The second-order valence-corrected chi connectivity index (χ2v) is 5.01. The van der Waals surface area contributed by atoms with Crippen molar-refractivity contribution in [1.29, 1.82) is 0 Å². The Hall–Kier alpha value is -1.39. The van der Waals surface area contributed by atoms with E-state index in [1.165, 1.54) is 17.5 Å². The van der Waals surface area contributed by atoms with Crippen LogP contribution in [-0.2, 0) is 19.3 Å². The Kier molecular flexibility index (Phi) is 3.30. The van der Waals surface area contributed by atoms with E-state index in [1.807, 2.05) is 6.07 Å². The third kappa shape index (κ3) is 2.54. The molecule has 94 valence electrons. The van der Waals surface area contributed by atoms with Crippen LogP contribution in [0.3, 0.4) is 0 Å². The molecule has 1 aromatic heterocycles. The van der Waals surface area contributed by atoms with E-state index in [-0.39, 0.29) is 0 Å².